The SMILES string of the molecule is Nc1cc(Cl)c(C(F)(F)F)c2ccccc12. The Balaban J connectivity index is 2.93. The van der Waals surface area contributed by atoms with Crippen LogP contribution in [0.25, 0.3) is 10.8 Å². The Morgan fingerprint density at radius 1 is 1.06 bits per heavy atom. The summed E-state index contributed by atoms with van der Waals surface area (Å²) in [6, 6.07) is 7.18. The predicted molar refractivity (Wildman–Crippen MR) is 58.4 cm³/mol. The van der Waals surface area contributed by atoms with Crippen LogP contribution in [0, 0.1) is 0 Å². The predicted octanol–water partition coefficient (Wildman–Crippen LogP) is 4.09. The van der Waals surface area contributed by atoms with Crippen molar-refractivity contribution in [2.75, 3.05) is 5.73 Å². The van der Waals surface area contributed by atoms with E-state index in [1.165, 1.54) is 18.2 Å². The number of alkyl halides is 3. The lowest BCUT2D eigenvalue weighted by molar-refractivity contribution is -0.136. The van der Waals surface area contributed by atoms with Crippen LogP contribution in [-0.2, 0) is 6.18 Å². The Hall–Kier alpha value is -1.42. The third kappa shape index (κ3) is 1.69. The highest BCUT2D eigenvalue weighted by molar-refractivity contribution is 6.33. The molecule has 0 fully saturated rings. The fourth-order valence-corrected chi connectivity index (χ4v) is 1.98. The molecule has 2 aromatic rings. The van der Waals surface area contributed by atoms with Crippen molar-refractivity contribution in [1.29, 1.82) is 0 Å². The van der Waals surface area contributed by atoms with Crippen LogP contribution in [0.2, 0.25) is 5.02 Å². The highest BCUT2D eigenvalue weighted by Gasteiger charge is 2.35. The molecule has 0 atom stereocenters. The molecule has 0 saturated carbocycles. The summed E-state index contributed by atoms with van der Waals surface area (Å²) in [5.74, 6) is 0. The van der Waals surface area contributed by atoms with E-state index in [4.69, 9.17) is 17.3 Å². The van der Waals surface area contributed by atoms with Crippen molar-refractivity contribution in [3.05, 3.63) is 40.9 Å². The second-order valence-corrected chi connectivity index (χ2v) is 3.77. The summed E-state index contributed by atoms with van der Waals surface area (Å²) in [5.41, 5.74) is 5.03. The van der Waals surface area contributed by atoms with Crippen LogP contribution in [0.1, 0.15) is 5.56 Å². The molecule has 0 radical (unpaired) electrons. The molecule has 0 aliphatic carbocycles. The van der Waals surface area contributed by atoms with E-state index in [9.17, 15) is 13.2 Å². The monoisotopic (exact) mass is 245 g/mol. The van der Waals surface area contributed by atoms with Gasteiger partial charge in [-0.15, -0.1) is 0 Å². The summed E-state index contributed by atoms with van der Waals surface area (Å²) in [6.07, 6.45) is -4.48. The molecule has 2 rings (SSSR count). The van der Waals surface area contributed by atoms with Crippen LogP contribution < -0.4 is 5.73 Å². The third-order valence-corrected chi connectivity index (χ3v) is 2.61. The number of anilines is 1. The van der Waals surface area contributed by atoms with Crippen LogP contribution in [-0.4, -0.2) is 0 Å². The third-order valence-electron chi connectivity index (χ3n) is 2.31. The van der Waals surface area contributed by atoms with Gasteiger partial charge < -0.3 is 5.73 Å². The molecule has 0 aliphatic heterocycles. The minimum absolute atomic E-state index is 0.0278. The second kappa shape index (κ2) is 3.56. The Morgan fingerprint density at radius 3 is 2.19 bits per heavy atom. The summed E-state index contributed by atoms with van der Waals surface area (Å²) in [6.45, 7) is 0. The van der Waals surface area contributed by atoms with Crippen molar-refractivity contribution in [1.82, 2.24) is 0 Å². The van der Waals surface area contributed by atoms with E-state index >= 15 is 0 Å². The van der Waals surface area contributed by atoms with E-state index in [0.717, 1.165) is 6.07 Å². The molecule has 0 unspecified atom stereocenters. The zero-order valence-corrected chi connectivity index (χ0v) is 8.73. The fraction of sp³-hybridized carbons (Fsp3) is 0.0909. The van der Waals surface area contributed by atoms with Crippen LogP contribution in [0.4, 0.5) is 18.9 Å². The zero-order chi connectivity index (χ0) is 11.9. The van der Waals surface area contributed by atoms with Gasteiger partial charge in [0.05, 0.1) is 10.6 Å². The Morgan fingerprint density at radius 2 is 1.62 bits per heavy atom. The lowest BCUT2D eigenvalue weighted by Gasteiger charge is -2.13. The maximum absolute atomic E-state index is 12.8. The highest BCUT2D eigenvalue weighted by atomic mass is 35.5. The maximum atomic E-state index is 12.8. The first-order valence-electron chi connectivity index (χ1n) is 4.45. The summed E-state index contributed by atoms with van der Waals surface area (Å²) < 4.78 is 38.4. The minimum atomic E-state index is -4.48. The number of fused-ring (bicyclic) bond motifs is 1. The topological polar surface area (TPSA) is 26.0 Å². The second-order valence-electron chi connectivity index (χ2n) is 3.37. The smallest absolute Gasteiger partial charge is 0.398 e. The average molecular weight is 246 g/mol. The van der Waals surface area contributed by atoms with E-state index in [1.54, 1.807) is 6.07 Å². The minimum Gasteiger partial charge on any atom is -0.398 e. The number of hydrogen-bond acceptors (Lipinski definition) is 1. The van der Waals surface area contributed by atoms with Gasteiger partial charge >= 0.3 is 6.18 Å². The lowest BCUT2D eigenvalue weighted by atomic mass is 10.0. The van der Waals surface area contributed by atoms with Gasteiger partial charge in [-0.3, -0.25) is 0 Å². The van der Waals surface area contributed by atoms with Gasteiger partial charge in [-0.05, 0) is 11.5 Å². The normalized spacial score (nSPS) is 12.0. The molecule has 84 valence electrons. The maximum Gasteiger partial charge on any atom is 0.418 e. The standard InChI is InChI=1S/C11H7ClF3N/c12-8-5-9(16)6-3-1-2-4-7(6)10(8)11(13,14)15/h1-5H,16H2. The van der Waals surface area contributed by atoms with E-state index < -0.39 is 11.7 Å². The van der Waals surface area contributed by atoms with Gasteiger partial charge in [0.15, 0.2) is 0 Å². The van der Waals surface area contributed by atoms with Crippen molar-refractivity contribution in [3.63, 3.8) is 0 Å². The molecule has 0 aromatic heterocycles. The number of halogens is 4. The molecular formula is C11H7ClF3N. The van der Waals surface area contributed by atoms with E-state index in [2.05, 4.69) is 0 Å². The zero-order valence-electron chi connectivity index (χ0n) is 7.98. The van der Waals surface area contributed by atoms with Crippen molar-refractivity contribution in [2.45, 2.75) is 6.18 Å². The number of nitrogen functional groups attached to an aromatic ring is 1. The van der Waals surface area contributed by atoms with Gasteiger partial charge in [0, 0.05) is 11.1 Å². The Labute approximate surface area is 94.6 Å². The van der Waals surface area contributed by atoms with E-state index in [1.807, 2.05) is 0 Å². The molecule has 1 nitrogen and oxygen atoms in total. The lowest BCUT2D eigenvalue weighted by Crippen LogP contribution is -2.07. The first-order valence-corrected chi connectivity index (χ1v) is 4.83. The van der Waals surface area contributed by atoms with Gasteiger partial charge in [0.1, 0.15) is 0 Å². The fourth-order valence-electron chi connectivity index (χ4n) is 1.66. The number of rotatable bonds is 0. The molecule has 0 spiro atoms. The van der Waals surface area contributed by atoms with Crippen molar-refractivity contribution >= 4 is 28.1 Å². The van der Waals surface area contributed by atoms with Crippen molar-refractivity contribution < 1.29 is 13.2 Å². The van der Waals surface area contributed by atoms with Crippen LogP contribution in [0.15, 0.2) is 30.3 Å². The molecule has 0 bridgehead atoms. The molecule has 0 heterocycles. The molecule has 2 aromatic carbocycles. The Bertz CT molecular complexity index is 549. The van der Waals surface area contributed by atoms with Gasteiger partial charge in [-0.25, -0.2) is 0 Å². The molecule has 0 amide bonds. The molecule has 5 heteroatoms. The largest absolute Gasteiger partial charge is 0.418 e. The molecular weight excluding hydrogens is 239 g/mol. The first kappa shape index (κ1) is 11.1. The molecule has 2 N–H and O–H groups in total. The number of hydrogen-bond donors (Lipinski definition) is 1. The Kier molecular flexibility index (Phi) is 2.46. The van der Waals surface area contributed by atoms with Crippen LogP contribution in [0.3, 0.4) is 0 Å². The number of nitrogens with two attached hydrogens (primary N) is 1. The van der Waals surface area contributed by atoms with Gasteiger partial charge in [-0.1, -0.05) is 35.9 Å². The van der Waals surface area contributed by atoms with Crippen LogP contribution >= 0.6 is 11.6 Å². The first-order chi connectivity index (χ1) is 7.41. The summed E-state index contributed by atoms with van der Waals surface area (Å²) in [4.78, 5) is 0. The highest BCUT2D eigenvalue weighted by Crippen LogP contribution is 2.41. The number of benzene rings is 2. The molecule has 0 aliphatic rings. The van der Waals surface area contributed by atoms with Gasteiger partial charge in [0.25, 0.3) is 0 Å². The van der Waals surface area contributed by atoms with Crippen LogP contribution in [0.5, 0.6) is 0 Å². The quantitative estimate of drug-likeness (QED) is 0.695. The van der Waals surface area contributed by atoms with Crippen molar-refractivity contribution in [3.8, 4) is 0 Å². The summed E-state index contributed by atoms with van der Waals surface area (Å²) in [5, 5.41) is 0.0166. The van der Waals surface area contributed by atoms with E-state index in [-0.39, 0.29) is 16.1 Å². The average Bonchev–Trinajstić information content (AvgIpc) is 2.15. The summed E-state index contributed by atoms with van der Waals surface area (Å²) in [7, 11) is 0. The van der Waals surface area contributed by atoms with Crippen molar-refractivity contribution in [2.24, 2.45) is 0 Å². The molecule has 16 heavy (non-hydrogen) atoms. The van der Waals surface area contributed by atoms with Gasteiger partial charge in [0.2, 0.25) is 0 Å². The van der Waals surface area contributed by atoms with Gasteiger partial charge in [-0.2, -0.15) is 13.2 Å². The summed E-state index contributed by atoms with van der Waals surface area (Å²) >= 11 is 5.59. The van der Waals surface area contributed by atoms with E-state index in [0.29, 0.717) is 5.39 Å². The molecule has 0 saturated heterocycles.